The summed E-state index contributed by atoms with van der Waals surface area (Å²) in [5.41, 5.74) is 0.199. The Morgan fingerprint density at radius 3 is 2.60 bits per heavy atom. The monoisotopic (exact) mass is 377 g/mol. The molecule has 0 saturated heterocycles. The SMILES string of the molecule is CSc1c(C(=O)/C=C/c2ccc(C(F)F)cc2)c(=O)[nH]c2sccc12. The number of fused-ring (bicyclic) bond motifs is 1. The number of aromatic nitrogens is 1. The van der Waals surface area contributed by atoms with Gasteiger partial charge in [0.15, 0.2) is 5.78 Å². The predicted octanol–water partition coefficient (Wildman–Crippen LogP) is 5.15. The number of rotatable bonds is 5. The highest BCUT2D eigenvalue weighted by Gasteiger charge is 2.17. The van der Waals surface area contributed by atoms with Crippen molar-refractivity contribution in [3.05, 3.63) is 68.8 Å². The van der Waals surface area contributed by atoms with Gasteiger partial charge >= 0.3 is 0 Å². The van der Waals surface area contributed by atoms with Crippen LogP contribution in [0.1, 0.15) is 27.9 Å². The van der Waals surface area contributed by atoms with Gasteiger partial charge in [0.25, 0.3) is 12.0 Å². The lowest BCUT2D eigenvalue weighted by Gasteiger charge is -2.05. The molecule has 0 fully saturated rings. The van der Waals surface area contributed by atoms with E-state index in [1.807, 2.05) is 17.7 Å². The van der Waals surface area contributed by atoms with Gasteiger partial charge in [0.05, 0.1) is 0 Å². The molecule has 2 aromatic heterocycles. The summed E-state index contributed by atoms with van der Waals surface area (Å²) in [5.74, 6) is -0.420. The standard InChI is InChI=1S/C18H13F2NO2S2/c1-24-15-12-8-9-25-18(12)21-17(23)14(15)13(22)7-4-10-2-5-11(6-3-10)16(19)20/h2-9,16H,1H3,(H,21,23)/b7-4+. The molecule has 3 nitrogen and oxygen atoms in total. The topological polar surface area (TPSA) is 49.9 Å². The number of thiophene rings is 1. The van der Waals surface area contributed by atoms with E-state index in [4.69, 9.17) is 0 Å². The van der Waals surface area contributed by atoms with Gasteiger partial charge in [-0.3, -0.25) is 9.59 Å². The van der Waals surface area contributed by atoms with Crippen molar-refractivity contribution in [2.75, 3.05) is 6.26 Å². The Kier molecular flexibility index (Phi) is 5.15. The first kappa shape index (κ1) is 17.6. The maximum Gasteiger partial charge on any atom is 0.263 e. The molecule has 128 valence electrons. The Hall–Kier alpha value is -2.25. The summed E-state index contributed by atoms with van der Waals surface area (Å²) in [6, 6.07) is 7.50. The van der Waals surface area contributed by atoms with Crippen molar-refractivity contribution in [1.29, 1.82) is 0 Å². The first-order valence-electron chi connectivity index (χ1n) is 7.29. The molecule has 0 aliphatic rings. The molecule has 7 heteroatoms. The number of benzene rings is 1. The van der Waals surface area contributed by atoms with Gasteiger partial charge in [-0.15, -0.1) is 23.1 Å². The largest absolute Gasteiger partial charge is 0.313 e. The lowest BCUT2D eigenvalue weighted by atomic mass is 10.1. The number of aromatic amines is 1. The van der Waals surface area contributed by atoms with Crippen molar-refractivity contribution in [2.24, 2.45) is 0 Å². The van der Waals surface area contributed by atoms with Crippen molar-refractivity contribution in [3.8, 4) is 0 Å². The number of alkyl halides is 2. The third-order valence-corrected chi connectivity index (χ3v) is 5.32. The van der Waals surface area contributed by atoms with Crippen LogP contribution in [0.5, 0.6) is 0 Å². The number of halogens is 2. The van der Waals surface area contributed by atoms with E-state index in [0.717, 1.165) is 10.2 Å². The fourth-order valence-corrected chi connectivity index (χ4v) is 4.07. The summed E-state index contributed by atoms with van der Waals surface area (Å²) >= 11 is 2.75. The minimum Gasteiger partial charge on any atom is -0.313 e. The normalized spacial score (nSPS) is 11.7. The Morgan fingerprint density at radius 1 is 1.24 bits per heavy atom. The number of ketones is 1. The molecule has 0 amide bonds. The molecule has 0 bridgehead atoms. The number of nitrogens with one attached hydrogen (secondary N) is 1. The van der Waals surface area contributed by atoms with Crippen molar-refractivity contribution in [1.82, 2.24) is 4.98 Å². The molecular weight excluding hydrogens is 364 g/mol. The summed E-state index contributed by atoms with van der Waals surface area (Å²) in [6.07, 6.45) is 2.09. The van der Waals surface area contributed by atoms with Gasteiger partial charge in [-0.05, 0) is 29.3 Å². The molecule has 1 N–H and O–H groups in total. The molecule has 2 heterocycles. The van der Waals surface area contributed by atoms with Crippen LogP contribution in [0, 0.1) is 0 Å². The van der Waals surface area contributed by atoms with Gasteiger partial charge in [0, 0.05) is 15.8 Å². The maximum atomic E-state index is 12.6. The van der Waals surface area contributed by atoms with Crippen LogP contribution in [0.4, 0.5) is 8.78 Å². The van der Waals surface area contributed by atoms with Crippen LogP contribution >= 0.6 is 23.1 Å². The number of hydrogen-bond donors (Lipinski definition) is 1. The van der Waals surface area contributed by atoms with E-state index < -0.39 is 17.8 Å². The zero-order valence-electron chi connectivity index (χ0n) is 13.1. The number of carbonyl (C=O) groups is 1. The Morgan fingerprint density at radius 2 is 1.96 bits per heavy atom. The van der Waals surface area contributed by atoms with Crippen LogP contribution in [0.3, 0.4) is 0 Å². The fraction of sp³-hybridized carbons (Fsp3) is 0.111. The molecule has 3 aromatic rings. The summed E-state index contributed by atoms with van der Waals surface area (Å²) in [6.45, 7) is 0. The summed E-state index contributed by atoms with van der Waals surface area (Å²) in [4.78, 5) is 28.9. The lowest BCUT2D eigenvalue weighted by Crippen LogP contribution is -2.17. The average Bonchev–Trinajstić information content (AvgIpc) is 3.06. The zero-order chi connectivity index (χ0) is 18.0. The van der Waals surface area contributed by atoms with Crippen molar-refractivity contribution in [2.45, 2.75) is 11.3 Å². The number of H-pyrrole nitrogens is 1. The molecule has 0 aliphatic heterocycles. The Bertz CT molecular complexity index is 1000. The molecule has 1 aromatic carbocycles. The van der Waals surface area contributed by atoms with E-state index in [2.05, 4.69) is 4.98 Å². The first-order chi connectivity index (χ1) is 12.0. The second-order valence-corrected chi connectivity index (χ2v) is 6.92. The van der Waals surface area contributed by atoms with Crippen LogP contribution in [0.15, 0.2) is 51.5 Å². The zero-order valence-corrected chi connectivity index (χ0v) is 14.7. The summed E-state index contributed by atoms with van der Waals surface area (Å²) in [7, 11) is 0. The Labute approximate surface area is 150 Å². The number of carbonyl (C=O) groups excluding carboxylic acids is 1. The van der Waals surface area contributed by atoms with Crippen LogP contribution in [-0.4, -0.2) is 17.0 Å². The third-order valence-electron chi connectivity index (χ3n) is 3.66. The molecule has 0 atom stereocenters. The highest BCUT2D eigenvalue weighted by Crippen LogP contribution is 2.30. The van der Waals surface area contributed by atoms with Crippen molar-refractivity contribution in [3.63, 3.8) is 0 Å². The number of allylic oxidation sites excluding steroid dienone is 1. The summed E-state index contributed by atoms with van der Waals surface area (Å²) in [5, 5.41) is 2.70. The second-order valence-electron chi connectivity index (χ2n) is 5.19. The van der Waals surface area contributed by atoms with Crippen LogP contribution in [0.2, 0.25) is 0 Å². The van der Waals surface area contributed by atoms with E-state index in [-0.39, 0.29) is 11.1 Å². The minimum absolute atomic E-state index is 0.0764. The van der Waals surface area contributed by atoms with Gasteiger partial charge < -0.3 is 4.98 Å². The van der Waals surface area contributed by atoms with Crippen molar-refractivity contribution >= 4 is 45.2 Å². The molecule has 0 unspecified atom stereocenters. The summed E-state index contributed by atoms with van der Waals surface area (Å²) < 4.78 is 25.1. The fourth-order valence-electron chi connectivity index (χ4n) is 2.43. The molecule has 25 heavy (non-hydrogen) atoms. The maximum absolute atomic E-state index is 12.6. The smallest absolute Gasteiger partial charge is 0.263 e. The highest BCUT2D eigenvalue weighted by atomic mass is 32.2. The first-order valence-corrected chi connectivity index (χ1v) is 9.39. The number of pyridine rings is 1. The predicted molar refractivity (Wildman–Crippen MR) is 99.0 cm³/mol. The number of hydrogen-bond acceptors (Lipinski definition) is 4. The van der Waals surface area contributed by atoms with Crippen LogP contribution in [0.25, 0.3) is 16.3 Å². The van der Waals surface area contributed by atoms with Gasteiger partial charge in [-0.1, -0.05) is 30.3 Å². The number of thioether (sulfide) groups is 1. The van der Waals surface area contributed by atoms with E-state index in [1.54, 1.807) is 0 Å². The third kappa shape index (κ3) is 3.57. The molecule has 0 saturated carbocycles. The Balaban J connectivity index is 1.94. The molecular formula is C18H13F2NO2S2. The molecule has 0 spiro atoms. The molecule has 3 rings (SSSR count). The minimum atomic E-state index is -2.53. The van der Waals surface area contributed by atoms with Gasteiger partial charge in [0.2, 0.25) is 0 Å². The second kappa shape index (κ2) is 7.33. The van der Waals surface area contributed by atoms with Crippen LogP contribution < -0.4 is 5.56 Å². The average molecular weight is 377 g/mol. The highest BCUT2D eigenvalue weighted by molar-refractivity contribution is 7.99. The van der Waals surface area contributed by atoms with Gasteiger partial charge in [0.1, 0.15) is 10.4 Å². The molecule has 0 radical (unpaired) electrons. The van der Waals surface area contributed by atoms with Gasteiger partial charge in [-0.25, -0.2) is 8.78 Å². The van der Waals surface area contributed by atoms with Crippen molar-refractivity contribution < 1.29 is 13.6 Å². The van der Waals surface area contributed by atoms with E-state index in [0.29, 0.717) is 10.5 Å². The molecule has 0 aliphatic carbocycles. The lowest BCUT2D eigenvalue weighted by molar-refractivity contribution is 0.104. The van der Waals surface area contributed by atoms with Gasteiger partial charge in [-0.2, -0.15) is 0 Å². The van der Waals surface area contributed by atoms with E-state index in [1.165, 1.54) is 59.5 Å². The van der Waals surface area contributed by atoms with E-state index in [9.17, 15) is 18.4 Å². The quantitative estimate of drug-likeness (QED) is 0.380. The van der Waals surface area contributed by atoms with Crippen LogP contribution in [-0.2, 0) is 0 Å². The van der Waals surface area contributed by atoms with E-state index >= 15 is 0 Å².